The lowest BCUT2D eigenvalue weighted by atomic mass is 10.1. The minimum atomic E-state index is -5.46. The second-order valence-corrected chi connectivity index (χ2v) is 3.19. The molecule has 0 radical (unpaired) electrons. The second kappa shape index (κ2) is 3.80. The summed E-state index contributed by atoms with van der Waals surface area (Å²) in [7, 11) is 0. The van der Waals surface area contributed by atoms with Gasteiger partial charge in [0.15, 0.2) is 5.82 Å². The molecular weight excluding hydrogens is 265 g/mol. The van der Waals surface area contributed by atoms with Gasteiger partial charge < -0.3 is 0 Å². The van der Waals surface area contributed by atoms with Gasteiger partial charge in [0.05, 0.1) is 10.6 Å². The first-order valence-electron chi connectivity index (χ1n) is 3.67. The smallest absolute Gasteiger partial charge is 0.205 e. The van der Waals surface area contributed by atoms with Gasteiger partial charge in [-0.25, -0.2) is 4.39 Å². The van der Waals surface area contributed by atoms with Crippen LogP contribution in [0, 0.1) is 5.82 Å². The van der Waals surface area contributed by atoms with Crippen LogP contribution in [0.15, 0.2) is 12.1 Å². The maximum atomic E-state index is 12.9. The van der Waals surface area contributed by atoms with Crippen molar-refractivity contribution in [3.05, 3.63) is 34.1 Å². The number of hydrogen-bond donors (Lipinski definition) is 0. The molecule has 0 aliphatic rings. The largest absolute Gasteiger partial charge is 0.419 e. The van der Waals surface area contributed by atoms with E-state index in [1.807, 2.05) is 0 Å². The van der Waals surface area contributed by atoms with Crippen molar-refractivity contribution < 1.29 is 30.7 Å². The third-order valence-electron chi connectivity index (χ3n) is 1.68. The minimum absolute atomic E-state index is 0.0915. The standard InChI is InChI=1S/C8H2ClF7/c9-4-2-1-3(7(11,12)13)5(6(4)10)8(14,15)16/h1-2H. The Morgan fingerprint density at radius 2 is 1.38 bits per heavy atom. The number of hydrogen-bond acceptors (Lipinski definition) is 0. The van der Waals surface area contributed by atoms with Gasteiger partial charge in [-0.1, -0.05) is 11.6 Å². The zero-order valence-electron chi connectivity index (χ0n) is 7.18. The lowest BCUT2D eigenvalue weighted by Crippen LogP contribution is -2.18. The average Bonchev–Trinajstić information content (AvgIpc) is 2.05. The Morgan fingerprint density at radius 3 is 1.75 bits per heavy atom. The molecule has 0 bridgehead atoms. The predicted molar refractivity (Wildman–Crippen MR) is 41.4 cm³/mol. The predicted octanol–water partition coefficient (Wildman–Crippen LogP) is 4.52. The zero-order chi connectivity index (χ0) is 12.7. The first-order valence-corrected chi connectivity index (χ1v) is 4.05. The van der Waals surface area contributed by atoms with E-state index in [1.54, 1.807) is 0 Å². The number of halogens is 8. The van der Waals surface area contributed by atoms with Crippen LogP contribution in [-0.4, -0.2) is 0 Å². The Labute approximate surface area is 89.6 Å². The molecule has 0 saturated heterocycles. The topological polar surface area (TPSA) is 0 Å². The van der Waals surface area contributed by atoms with Crippen LogP contribution in [0.5, 0.6) is 0 Å². The van der Waals surface area contributed by atoms with E-state index in [0.717, 1.165) is 0 Å². The highest BCUT2D eigenvalue weighted by Gasteiger charge is 2.45. The fraction of sp³-hybridized carbons (Fsp3) is 0.250. The molecule has 90 valence electrons. The number of alkyl halides is 6. The highest BCUT2D eigenvalue weighted by molar-refractivity contribution is 6.30. The molecule has 0 amide bonds. The summed E-state index contributed by atoms with van der Waals surface area (Å²) in [5, 5.41) is -1.01. The molecule has 0 aromatic heterocycles. The third kappa shape index (κ3) is 2.40. The zero-order valence-corrected chi connectivity index (χ0v) is 7.93. The monoisotopic (exact) mass is 266 g/mol. The first-order chi connectivity index (χ1) is 7.05. The Hall–Kier alpha value is -0.980. The number of rotatable bonds is 0. The molecule has 16 heavy (non-hydrogen) atoms. The van der Waals surface area contributed by atoms with E-state index in [4.69, 9.17) is 11.6 Å². The van der Waals surface area contributed by atoms with E-state index in [1.165, 1.54) is 0 Å². The van der Waals surface area contributed by atoms with Crippen molar-refractivity contribution in [2.45, 2.75) is 12.4 Å². The van der Waals surface area contributed by atoms with Crippen LogP contribution in [0.1, 0.15) is 11.1 Å². The van der Waals surface area contributed by atoms with E-state index < -0.39 is 34.3 Å². The van der Waals surface area contributed by atoms with Crippen molar-refractivity contribution in [2.24, 2.45) is 0 Å². The van der Waals surface area contributed by atoms with Crippen molar-refractivity contribution >= 4 is 11.6 Å². The summed E-state index contributed by atoms with van der Waals surface area (Å²) < 4.78 is 86.1. The summed E-state index contributed by atoms with van der Waals surface area (Å²) >= 11 is 5.00. The minimum Gasteiger partial charge on any atom is -0.205 e. The van der Waals surface area contributed by atoms with Crippen molar-refractivity contribution in [2.75, 3.05) is 0 Å². The Bertz CT molecular complexity index is 404. The summed E-state index contributed by atoms with van der Waals surface area (Å²) in [6.45, 7) is 0. The van der Waals surface area contributed by atoms with Crippen LogP contribution < -0.4 is 0 Å². The molecule has 0 fully saturated rings. The van der Waals surface area contributed by atoms with Gasteiger partial charge in [-0.05, 0) is 12.1 Å². The van der Waals surface area contributed by atoms with Crippen molar-refractivity contribution in [3.63, 3.8) is 0 Å². The highest BCUT2D eigenvalue weighted by atomic mass is 35.5. The molecule has 0 spiro atoms. The second-order valence-electron chi connectivity index (χ2n) is 2.78. The fourth-order valence-electron chi connectivity index (χ4n) is 1.06. The molecule has 0 aliphatic carbocycles. The summed E-state index contributed by atoms with van der Waals surface area (Å²) in [6, 6.07) is 0.517. The van der Waals surface area contributed by atoms with Crippen molar-refractivity contribution in [1.82, 2.24) is 0 Å². The van der Waals surface area contributed by atoms with Crippen LogP contribution in [0.4, 0.5) is 30.7 Å². The fourth-order valence-corrected chi connectivity index (χ4v) is 1.22. The Morgan fingerprint density at radius 1 is 0.875 bits per heavy atom. The maximum Gasteiger partial charge on any atom is 0.419 e. The Balaban J connectivity index is 3.59. The van der Waals surface area contributed by atoms with E-state index >= 15 is 0 Å². The van der Waals surface area contributed by atoms with Gasteiger partial charge in [0.2, 0.25) is 0 Å². The molecule has 0 atom stereocenters. The van der Waals surface area contributed by atoms with Crippen molar-refractivity contribution in [1.29, 1.82) is 0 Å². The molecule has 1 aromatic carbocycles. The Kier molecular flexibility index (Phi) is 3.11. The molecule has 0 unspecified atom stereocenters. The van der Waals surface area contributed by atoms with E-state index in [9.17, 15) is 30.7 Å². The molecule has 0 N–H and O–H groups in total. The van der Waals surface area contributed by atoms with Crippen molar-refractivity contribution in [3.8, 4) is 0 Å². The normalized spacial score (nSPS) is 13.0. The molecule has 0 saturated carbocycles. The SMILES string of the molecule is Fc1c(Cl)ccc(C(F)(F)F)c1C(F)(F)F. The van der Waals surface area contributed by atoms with Crippen LogP contribution in [0.2, 0.25) is 5.02 Å². The van der Waals surface area contributed by atoms with E-state index in [2.05, 4.69) is 0 Å². The van der Waals surface area contributed by atoms with E-state index in [-0.39, 0.29) is 6.07 Å². The summed E-state index contributed by atoms with van der Waals surface area (Å²) in [5.41, 5.74) is -4.49. The number of benzene rings is 1. The van der Waals surface area contributed by atoms with Gasteiger partial charge >= 0.3 is 12.4 Å². The molecule has 1 rings (SSSR count). The van der Waals surface area contributed by atoms with Crippen LogP contribution in [0.3, 0.4) is 0 Å². The molecule has 0 aliphatic heterocycles. The maximum absolute atomic E-state index is 12.9. The van der Waals surface area contributed by atoms with E-state index in [0.29, 0.717) is 6.07 Å². The molecule has 0 nitrogen and oxygen atoms in total. The molecular formula is C8H2ClF7. The lowest BCUT2D eigenvalue weighted by Gasteiger charge is -2.16. The quantitative estimate of drug-likeness (QED) is 0.606. The third-order valence-corrected chi connectivity index (χ3v) is 1.98. The van der Waals surface area contributed by atoms with Crippen LogP contribution in [-0.2, 0) is 12.4 Å². The van der Waals surface area contributed by atoms with Gasteiger partial charge in [0.25, 0.3) is 0 Å². The first kappa shape index (κ1) is 13.1. The molecule has 8 heteroatoms. The van der Waals surface area contributed by atoms with Gasteiger partial charge in [0, 0.05) is 0 Å². The average molecular weight is 267 g/mol. The van der Waals surface area contributed by atoms with Crippen LogP contribution in [0.25, 0.3) is 0 Å². The highest BCUT2D eigenvalue weighted by Crippen LogP contribution is 2.43. The lowest BCUT2D eigenvalue weighted by molar-refractivity contribution is -0.163. The summed E-state index contributed by atoms with van der Waals surface area (Å²) in [5.74, 6) is -2.12. The molecule has 0 heterocycles. The van der Waals surface area contributed by atoms with Crippen LogP contribution >= 0.6 is 11.6 Å². The summed E-state index contributed by atoms with van der Waals surface area (Å²) in [6.07, 6.45) is -10.8. The van der Waals surface area contributed by atoms with Gasteiger partial charge in [-0.2, -0.15) is 26.3 Å². The summed E-state index contributed by atoms with van der Waals surface area (Å²) in [4.78, 5) is 0. The van der Waals surface area contributed by atoms with Gasteiger partial charge in [0.1, 0.15) is 5.56 Å². The van der Waals surface area contributed by atoms with Gasteiger partial charge in [-0.3, -0.25) is 0 Å². The molecule has 1 aromatic rings. The van der Waals surface area contributed by atoms with Gasteiger partial charge in [-0.15, -0.1) is 0 Å².